The molecule has 0 spiro atoms. The largest absolute Gasteiger partial charge is 0.462 e. The molecule has 0 aliphatic carbocycles. The quantitative estimate of drug-likeness (QED) is 0.311. The first-order chi connectivity index (χ1) is 17.2. The van der Waals surface area contributed by atoms with Crippen LogP contribution < -0.4 is 10.6 Å². The Labute approximate surface area is 208 Å². The monoisotopic (exact) mass is 495 g/mol. The molecule has 0 fully saturated rings. The maximum Gasteiger partial charge on any atom is 0.340 e. The lowest BCUT2D eigenvalue weighted by Gasteiger charge is -2.16. The van der Waals surface area contributed by atoms with Crippen molar-refractivity contribution >= 4 is 35.5 Å². The number of methoxy groups -OCH3 is 1. The van der Waals surface area contributed by atoms with Gasteiger partial charge < -0.3 is 29.4 Å². The number of hydrogen-bond donors (Lipinski definition) is 2. The lowest BCUT2D eigenvalue weighted by Crippen LogP contribution is -2.34. The molecule has 0 radical (unpaired) electrons. The van der Waals surface area contributed by atoms with Crippen molar-refractivity contribution in [1.82, 2.24) is 10.2 Å². The predicted octanol–water partition coefficient (Wildman–Crippen LogP) is 2.55. The van der Waals surface area contributed by atoms with Crippen LogP contribution in [-0.4, -0.2) is 55.5 Å². The summed E-state index contributed by atoms with van der Waals surface area (Å²) >= 11 is 0. The maximum absolute atomic E-state index is 13.0. The van der Waals surface area contributed by atoms with E-state index in [1.165, 1.54) is 18.1 Å². The molecule has 36 heavy (non-hydrogen) atoms. The van der Waals surface area contributed by atoms with Crippen LogP contribution >= 0.6 is 0 Å². The predicted molar refractivity (Wildman–Crippen MR) is 131 cm³/mol. The van der Waals surface area contributed by atoms with E-state index < -0.39 is 17.8 Å². The first-order valence-electron chi connectivity index (χ1n) is 11.4. The number of ether oxygens (including phenoxy) is 2. The number of esters is 1. The summed E-state index contributed by atoms with van der Waals surface area (Å²) in [5.41, 5.74) is 2.32. The molecule has 1 aliphatic heterocycles. The van der Waals surface area contributed by atoms with Crippen molar-refractivity contribution in [3.63, 3.8) is 0 Å². The van der Waals surface area contributed by atoms with Gasteiger partial charge in [-0.25, -0.2) is 4.79 Å². The second kappa shape index (κ2) is 12.0. The number of carbonyl (C=O) groups is 4. The van der Waals surface area contributed by atoms with Crippen LogP contribution in [0.25, 0.3) is 6.08 Å². The first-order valence-corrected chi connectivity index (χ1v) is 11.4. The zero-order valence-corrected chi connectivity index (χ0v) is 20.7. The van der Waals surface area contributed by atoms with Crippen molar-refractivity contribution < 1.29 is 33.1 Å². The molecule has 1 aliphatic rings. The van der Waals surface area contributed by atoms with Gasteiger partial charge in [0.2, 0.25) is 0 Å². The van der Waals surface area contributed by atoms with Crippen LogP contribution in [0.5, 0.6) is 0 Å². The molecule has 10 nitrogen and oxygen atoms in total. The van der Waals surface area contributed by atoms with Crippen molar-refractivity contribution in [2.45, 2.75) is 27.3 Å². The molecule has 2 aromatic rings. The Morgan fingerprint density at radius 3 is 2.44 bits per heavy atom. The lowest BCUT2D eigenvalue weighted by molar-refractivity contribution is -0.138. The van der Waals surface area contributed by atoms with Crippen molar-refractivity contribution in [1.29, 1.82) is 0 Å². The molecule has 0 atom stereocenters. The van der Waals surface area contributed by atoms with E-state index in [0.717, 1.165) is 5.56 Å². The highest BCUT2D eigenvalue weighted by Crippen LogP contribution is 2.31. The molecule has 10 heteroatoms. The van der Waals surface area contributed by atoms with Crippen LogP contribution in [0.1, 0.15) is 30.9 Å². The van der Waals surface area contributed by atoms with Gasteiger partial charge in [-0.3, -0.25) is 14.4 Å². The van der Waals surface area contributed by atoms with Gasteiger partial charge in [0, 0.05) is 25.0 Å². The smallest absolute Gasteiger partial charge is 0.340 e. The van der Waals surface area contributed by atoms with Gasteiger partial charge in [0.1, 0.15) is 11.5 Å². The number of allylic oxidation sites excluding steroid dienone is 1. The summed E-state index contributed by atoms with van der Waals surface area (Å²) in [6, 6.07) is 10.3. The fourth-order valence-corrected chi connectivity index (χ4v) is 3.56. The van der Waals surface area contributed by atoms with Crippen LogP contribution in [0, 0.1) is 6.92 Å². The number of anilines is 1. The van der Waals surface area contributed by atoms with E-state index in [2.05, 4.69) is 10.6 Å². The van der Waals surface area contributed by atoms with Crippen LogP contribution in [0.4, 0.5) is 5.69 Å². The second-order valence-corrected chi connectivity index (χ2v) is 8.00. The van der Waals surface area contributed by atoms with Crippen molar-refractivity contribution in [2.75, 3.05) is 32.2 Å². The Balaban J connectivity index is 1.69. The third kappa shape index (κ3) is 6.28. The summed E-state index contributed by atoms with van der Waals surface area (Å²) in [4.78, 5) is 51.3. The Hall–Kier alpha value is -4.18. The summed E-state index contributed by atoms with van der Waals surface area (Å²) in [7, 11) is 1.53. The summed E-state index contributed by atoms with van der Waals surface area (Å²) in [6.45, 7) is 5.97. The van der Waals surface area contributed by atoms with Crippen LogP contribution in [0.3, 0.4) is 0 Å². The fourth-order valence-electron chi connectivity index (χ4n) is 3.56. The Bertz CT molecular complexity index is 1210. The van der Waals surface area contributed by atoms with Gasteiger partial charge in [-0.05, 0) is 51.1 Å². The molecular weight excluding hydrogens is 466 g/mol. The number of carbonyl (C=O) groups excluding carboxylic acids is 4. The lowest BCUT2D eigenvalue weighted by atomic mass is 10.1. The van der Waals surface area contributed by atoms with Gasteiger partial charge in [0.15, 0.2) is 0 Å². The number of amides is 3. The summed E-state index contributed by atoms with van der Waals surface area (Å²) in [5, 5.41) is 5.01. The highest BCUT2D eigenvalue weighted by Gasteiger charge is 2.37. The number of furan rings is 1. The average Bonchev–Trinajstić information content (AvgIpc) is 3.39. The zero-order valence-electron chi connectivity index (χ0n) is 20.7. The Morgan fingerprint density at radius 1 is 1.06 bits per heavy atom. The topological polar surface area (TPSA) is 127 Å². The fraction of sp³-hybridized carbons (Fsp3) is 0.308. The minimum Gasteiger partial charge on any atom is -0.462 e. The molecule has 1 aromatic carbocycles. The van der Waals surface area contributed by atoms with Gasteiger partial charge in [-0.1, -0.05) is 17.7 Å². The second-order valence-electron chi connectivity index (χ2n) is 8.00. The number of rotatable bonds is 9. The van der Waals surface area contributed by atoms with Gasteiger partial charge >= 0.3 is 17.8 Å². The van der Waals surface area contributed by atoms with E-state index in [1.807, 2.05) is 19.1 Å². The van der Waals surface area contributed by atoms with Crippen LogP contribution in [0.2, 0.25) is 0 Å². The third-order valence-electron chi connectivity index (χ3n) is 5.42. The van der Waals surface area contributed by atoms with Gasteiger partial charge in [0.05, 0.1) is 30.9 Å². The van der Waals surface area contributed by atoms with Crippen molar-refractivity contribution in [3.8, 4) is 0 Å². The molecule has 3 amide bonds. The number of aryl methyl sites for hydroxylation is 1. The van der Waals surface area contributed by atoms with E-state index >= 15 is 0 Å². The van der Waals surface area contributed by atoms with E-state index in [-0.39, 0.29) is 36.7 Å². The molecular formula is C26H29N3O7. The Kier molecular flexibility index (Phi) is 8.80. The molecule has 0 unspecified atom stereocenters. The van der Waals surface area contributed by atoms with Crippen LogP contribution in [-0.2, 0) is 35.2 Å². The number of hydrogen-bond acceptors (Lipinski definition) is 7. The average molecular weight is 496 g/mol. The Morgan fingerprint density at radius 2 is 1.78 bits per heavy atom. The van der Waals surface area contributed by atoms with Gasteiger partial charge in [0.25, 0.3) is 5.91 Å². The summed E-state index contributed by atoms with van der Waals surface area (Å²) in [5.74, 6) is -1.94. The molecule has 1 aromatic heterocycles. The SMILES string of the molecule is CCOC(=O)C1=C(C)N(CCOC)C(=O)/C1=C/c1ccc(CNC(=O)C(=O)Nc2ccc(C)cc2)o1. The third-order valence-corrected chi connectivity index (χ3v) is 5.42. The molecule has 2 N–H and O–H groups in total. The van der Waals surface area contributed by atoms with Crippen LogP contribution in [0.15, 0.2) is 57.7 Å². The summed E-state index contributed by atoms with van der Waals surface area (Å²) < 4.78 is 15.9. The van der Waals surface area contributed by atoms with Crippen molar-refractivity contribution in [2.24, 2.45) is 0 Å². The standard InChI is InChI=1S/C26H29N3O7/c1-5-35-26(33)22-17(3)29(12-13-34-4)25(32)21(22)14-19-10-11-20(36-19)15-27-23(30)24(31)28-18-8-6-16(2)7-9-18/h6-11,14H,5,12-13,15H2,1-4H3,(H,27,30)(H,28,31)/b21-14+. The molecule has 0 bridgehead atoms. The number of nitrogens with one attached hydrogen (secondary N) is 2. The highest BCUT2D eigenvalue weighted by molar-refractivity contribution is 6.39. The van der Waals surface area contributed by atoms with Gasteiger partial charge in [-0.15, -0.1) is 0 Å². The maximum atomic E-state index is 13.0. The van der Waals surface area contributed by atoms with Gasteiger partial charge in [-0.2, -0.15) is 0 Å². The number of benzene rings is 1. The van der Waals surface area contributed by atoms with E-state index in [9.17, 15) is 19.2 Å². The molecule has 190 valence electrons. The minimum absolute atomic E-state index is 0.0448. The van der Waals surface area contributed by atoms with E-state index in [4.69, 9.17) is 13.9 Å². The first kappa shape index (κ1) is 26.4. The summed E-state index contributed by atoms with van der Waals surface area (Å²) in [6.07, 6.45) is 1.46. The normalized spacial score (nSPS) is 14.4. The molecule has 0 saturated heterocycles. The minimum atomic E-state index is -0.824. The number of nitrogens with zero attached hydrogens (tertiary/aromatic N) is 1. The van der Waals surface area contributed by atoms with E-state index in [1.54, 1.807) is 38.1 Å². The molecule has 2 heterocycles. The zero-order chi connectivity index (χ0) is 26.2. The molecule has 3 rings (SSSR count). The van der Waals surface area contributed by atoms with E-state index in [0.29, 0.717) is 29.5 Å². The van der Waals surface area contributed by atoms with Crippen molar-refractivity contribution in [3.05, 3.63) is 70.3 Å². The molecule has 0 saturated carbocycles. The highest BCUT2D eigenvalue weighted by atomic mass is 16.5.